The van der Waals surface area contributed by atoms with Crippen molar-refractivity contribution in [2.24, 2.45) is 0 Å². The molecule has 7 nitrogen and oxygen atoms in total. The van der Waals surface area contributed by atoms with Crippen molar-refractivity contribution in [2.75, 3.05) is 38.0 Å². The third-order valence-corrected chi connectivity index (χ3v) is 5.54. The number of carbonyl (C=O) groups excluding carboxylic acids is 3. The SMILES string of the molecule is Cc1c(Cl)cccc1NC(=O)CCNC(=O)N1CCN(C(=O)c2ccccc2F)CC1. The number of hydrogen-bond donors (Lipinski definition) is 2. The van der Waals surface area contributed by atoms with Crippen molar-refractivity contribution in [3.8, 4) is 0 Å². The van der Waals surface area contributed by atoms with Gasteiger partial charge in [-0.3, -0.25) is 9.59 Å². The van der Waals surface area contributed by atoms with E-state index in [4.69, 9.17) is 11.6 Å². The Bertz CT molecular complexity index is 977. The summed E-state index contributed by atoms with van der Waals surface area (Å²) in [6.07, 6.45) is 0.115. The molecule has 0 saturated carbocycles. The fraction of sp³-hybridized carbons (Fsp3) is 0.318. The Morgan fingerprint density at radius 3 is 2.39 bits per heavy atom. The molecule has 1 aliphatic rings. The molecule has 2 aromatic carbocycles. The predicted octanol–water partition coefficient (Wildman–Crippen LogP) is 3.28. The normalized spacial score (nSPS) is 13.6. The molecule has 1 fully saturated rings. The van der Waals surface area contributed by atoms with Gasteiger partial charge in [-0.2, -0.15) is 0 Å². The lowest BCUT2D eigenvalue weighted by atomic mass is 10.1. The van der Waals surface area contributed by atoms with E-state index in [-0.39, 0.29) is 36.4 Å². The Labute approximate surface area is 185 Å². The molecule has 2 aromatic rings. The van der Waals surface area contributed by atoms with E-state index >= 15 is 0 Å². The monoisotopic (exact) mass is 446 g/mol. The van der Waals surface area contributed by atoms with Crippen LogP contribution >= 0.6 is 11.6 Å². The minimum Gasteiger partial charge on any atom is -0.337 e. The topological polar surface area (TPSA) is 81.8 Å². The first-order valence-corrected chi connectivity index (χ1v) is 10.4. The van der Waals surface area contributed by atoms with Gasteiger partial charge in [-0.15, -0.1) is 0 Å². The number of carbonyl (C=O) groups is 3. The summed E-state index contributed by atoms with van der Waals surface area (Å²) < 4.78 is 13.8. The summed E-state index contributed by atoms with van der Waals surface area (Å²) in [5.41, 5.74) is 1.45. The predicted molar refractivity (Wildman–Crippen MR) is 117 cm³/mol. The highest BCUT2D eigenvalue weighted by atomic mass is 35.5. The number of piperazine rings is 1. The van der Waals surface area contributed by atoms with Gasteiger partial charge in [-0.05, 0) is 36.8 Å². The van der Waals surface area contributed by atoms with Crippen LogP contribution in [0.2, 0.25) is 5.02 Å². The summed E-state index contributed by atoms with van der Waals surface area (Å²) >= 11 is 6.04. The van der Waals surface area contributed by atoms with E-state index in [1.54, 1.807) is 29.2 Å². The number of nitrogens with one attached hydrogen (secondary N) is 2. The van der Waals surface area contributed by atoms with Crippen LogP contribution in [-0.2, 0) is 4.79 Å². The van der Waals surface area contributed by atoms with Crippen LogP contribution in [0.5, 0.6) is 0 Å². The molecule has 0 aliphatic carbocycles. The van der Waals surface area contributed by atoms with Crippen LogP contribution in [0.1, 0.15) is 22.3 Å². The number of urea groups is 1. The average Bonchev–Trinajstić information content (AvgIpc) is 2.77. The maximum absolute atomic E-state index is 13.8. The Kier molecular flexibility index (Phi) is 7.46. The molecular formula is C22H24ClFN4O3. The van der Waals surface area contributed by atoms with Crippen molar-refractivity contribution in [1.82, 2.24) is 15.1 Å². The fourth-order valence-corrected chi connectivity index (χ4v) is 3.44. The van der Waals surface area contributed by atoms with Gasteiger partial charge in [0.15, 0.2) is 0 Å². The van der Waals surface area contributed by atoms with Gasteiger partial charge in [0, 0.05) is 49.9 Å². The van der Waals surface area contributed by atoms with Crippen molar-refractivity contribution >= 4 is 35.1 Å². The van der Waals surface area contributed by atoms with Crippen LogP contribution in [0.3, 0.4) is 0 Å². The van der Waals surface area contributed by atoms with Gasteiger partial charge in [0.2, 0.25) is 5.91 Å². The lowest BCUT2D eigenvalue weighted by molar-refractivity contribution is -0.116. The lowest BCUT2D eigenvalue weighted by Crippen LogP contribution is -2.53. The number of hydrogen-bond acceptors (Lipinski definition) is 3. The van der Waals surface area contributed by atoms with Gasteiger partial charge >= 0.3 is 6.03 Å². The largest absolute Gasteiger partial charge is 0.337 e. The first-order chi connectivity index (χ1) is 14.9. The van der Waals surface area contributed by atoms with E-state index in [2.05, 4.69) is 10.6 Å². The quantitative estimate of drug-likeness (QED) is 0.739. The first-order valence-electron chi connectivity index (χ1n) is 9.98. The minimum atomic E-state index is -0.557. The molecule has 1 aliphatic heterocycles. The molecule has 9 heteroatoms. The Morgan fingerprint density at radius 1 is 1.00 bits per heavy atom. The van der Waals surface area contributed by atoms with Crippen LogP contribution in [0.25, 0.3) is 0 Å². The van der Waals surface area contributed by atoms with E-state index in [0.29, 0.717) is 36.9 Å². The third kappa shape index (κ3) is 5.73. The van der Waals surface area contributed by atoms with Gasteiger partial charge in [0.25, 0.3) is 5.91 Å². The number of benzene rings is 2. The van der Waals surface area contributed by atoms with Crippen LogP contribution in [-0.4, -0.2) is 60.4 Å². The zero-order valence-electron chi connectivity index (χ0n) is 17.2. The second kappa shape index (κ2) is 10.3. The lowest BCUT2D eigenvalue weighted by Gasteiger charge is -2.34. The molecule has 164 valence electrons. The van der Waals surface area contributed by atoms with Crippen LogP contribution in [0.15, 0.2) is 42.5 Å². The van der Waals surface area contributed by atoms with E-state index in [1.165, 1.54) is 23.1 Å². The van der Waals surface area contributed by atoms with Crippen molar-refractivity contribution in [3.63, 3.8) is 0 Å². The van der Waals surface area contributed by atoms with Gasteiger partial charge in [0.1, 0.15) is 5.82 Å². The highest BCUT2D eigenvalue weighted by molar-refractivity contribution is 6.31. The summed E-state index contributed by atoms with van der Waals surface area (Å²) in [6.45, 7) is 3.29. The molecule has 0 unspecified atom stereocenters. The van der Waals surface area contributed by atoms with E-state index in [9.17, 15) is 18.8 Å². The molecular weight excluding hydrogens is 423 g/mol. The van der Waals surface area contributed by atoms with Gasteiger partial charge in [-0.25, -0.2) is 9.18 Å². The second-order valence-electron chi connectivity index (χ2n) is 7.20. The molecule has 3 rings (SSSR count). The highest BCUT2D eigenvalue weighted by Gasteiger charge is 2.26. The standard InChI is InChI=1S/C22H24ClFN4O3/c1-15-17(23)6-4-8-19(15)26-20(29)9-10-25-22(31)28-13-11-27(12-14-28)21(30)16-5-2-3-7-18(16)24/h2-8H,9-14H2,1H3,(H,25,31)(H,26,29). The van der Waals surface area contributed by atoms with Crippen molar-refractivity contribution in [3.05, 3.63) is 64.4 Å². The molecule has 2 N–H and O–H groups in total. The summed E-state index contributed by atoms with van der Waals surface area (Å²) in [7, 11) is 0. The molecule has 4 amide bonds. The molecule has 0 spiro atoms. The Balaban J connectivity index is 1.41. The summed E-state index contributed by atoms with van der Waals surface area (Å²) in [5.74, 6) is -1.17. The van der Waals surface area contributed by atoms with E-state index in [1.807, 2.05) is 6.92 Å². The third-order valence-electron chi connectivity index (χ3n) is 5.13. The molecule has 0 bridgehead atoms. The van der Waals surface area contributed by atoms with Gasteiger partial charge in [0.05, 0.1) is 5.56 Å². The van der Waals surface area contributed by atoms with E-state index in [0.717, 1.165) is 5.56 Å². The zero-order valence-corrected chi connectivity index (χ0v) is 17.9. The minimum absolute atomic E-state index is 0.0290. The maximum Gasteiger partial charge on any atom is 0.317 e. The van der Waals surface area contributed by atoms with Crippen molar-refractivity contribution in [2.45, 2.75) is 13.3 Å². The number of anilines is 1. The molecule has 1 heterocycles. The first kappa shape index (κ1) is 22.6. The smallest absolute Gasteiger partial charge is 0.317 e. The summed E-state index contributed by atoms with van der Waals surface area (Å²) in [5, 5.41) is 6.06. The fourth-order valence-electron chi connectivity index (χ4n) is 3.27. The van der Waals surface area contributed by atoms with Gasteiger partial charge < -0.3 is 20.4 Å². The van der Waals surface area contributed by atoms with E-state index < -0.39 is 5.82 Å². The summed E-state index contributed by atoms with van der Waals surface area (Å²) in [4.78, 5) is 40.0. The number of amides is 4. The number of rotatable bonds is 5. The molecule has 0 aromatic heterocycles. The average molecular weight is 447 g/mol. The van der Waals surface area contributed by atoms with Crippen LogP contribution in [0, 0.1) is 12.7 Å². The van der Waals surface area contributed by atoms with Crippen LogP contribution < -0.4 is 10.6 Å². The van der Waals surface area contributed by atoms with Crippen molar-refractivity contribution < 1.29 is 18.8 Å². The Hall–Kier alpha value is -3.13. The maximum atomic E-state index is 13.8. The molecule has 0 radical (unpaired) electrons. The summed E-state index contributed by atoms with van der Waals surface area (Å²) in [6, 6.07) is 10.8. The van der Waals surface area contributed by atoms with Crippen LogP contribution in [0.4, 0.5) is 14.9 Å². The second-order valence-corrected chi connectivity index (χ2v) is 7.61. The molecule has 1 saturated heterocycles. The molecule has 31 heavy (non-hydrogen) atoms. The highest BCUT2D eigenvalue weighted by Crippen LogP contribution is 2.22. The molecule has 0 atom stereocenters. The number of nitrogens with zero attached hydrogens (tertiary/aromatic N) is 2. The van der Waals surface area contributed by atoms with Crippen molar-refractivity contribution in [1.29, 1.82) is 0 Å². The Morgan fingerprint density at radius 2 is 1.68 bits per heavy atom. The van der Waals surface area contributed by atoms with Gasteiger partial charge in [-0.1, -0.05) is 29.8 Å². The number of halogens is 2. The zero-order chi connectivity index (χ0) is 22.4.